The van der Waals surface area contributed by atoms with E-state index in [9.17, 15) is 19.8 Å². The molecule has 0 heterocycles. The third-order valence-electron chi connectivity index (χ3n) is 5.51. The maximum absolute atomic E-state index is 12.9. The van der Waals surface area contributed by atoms with Crippen LogP contribution in [0, 0.1) is 20.8 Å². The summed E-state index contributed by atoms with van der Waals surface area (Å²) in [6.07, 6.45) is -0.355. The molecule has 0 fully saturated rings. The summed E-state index contributed by atoms with van der Waals surface area (Å²) in [5, 5.41) is 21.1. The maximum atomic E-state index is 12.9. The fourth-order valence-corrected chi connectivity index (χ4v) is 3.65. The number of hydrogen-bond donors (Lipinski definition) is 2. The quantitative estimate of drug-likeness (QED) is 0.316. The Morgan fingerprint density at radius 2 is 1.50 bits per heavy atom. The average Bonchev–Trinajstić information content (AvgIpc) is 2.80. The second-order valence-electron chi connectivity index (χ2n) is 8.65. The van der Waals surface area contributed by atoms with Crippen LogP contribution >= 0.6 is 0 Å². The molecule has 0 atom stereocenters. The first-order valence-electron chi connectivity index (χ1n) is 11.4. The zero-order chi connectivity index (χ0) is 26.6. The maximum Gasteiger partial charge on any atom is 0.347 e. The van der Waals surface area contributed by atoms with Gasteiger partial charge in [-0.05, 0) is 75.6 Å². The number of rotatable bonds is 8. The monoisotopic (exact) mass is 494 g/mol. The van der Waals surface area contributed by atoms with E-state index >= 15 is 0 Å². The van der Waals surface area contributed by atoms with Crippen LogP contribution in [-0.2, 0) is 11.3 Å². The summed E-state index contributed by atoms with van der Waals surface area (Å²) >= 11 is 0. The number of hydrogen-bond acceptors (Lipinski definition) is 8. The van der Waals surface area contributed by atoms with Crippen molar-refractivity contribution in [3.63, 3.8) is 0 Å². The molecule has 0 spiro atoms. The van der Waals surface area contributed by atoms with Crippen LogP contribution in [0.5, 0.6) is 28.7 Å². The highest BCUT2D eigenvalue weighted by Gasteiger charge is 2.24. The zero-order valence-electron chi connectivity index (χ0n) is 21.2. The van der Waals surface area contributed by atoms with E-state index < -0.39 is 11.9 Å². The van der Waals surface area contributed by atoms with Crippen molar-refractivity contribution in [3.8, 4) is 28.7 Å². The molecule has 0 aliphatic carbocycles. The van der Waals surface area contributed by atoms with E-state index in [1.54, 1.807) is 47.8 Å². The first kappa shape index (κ1) is 26.4. The van der Waals surface area contributed by atoms with E-state index in [2.05, 4.69) is 0 Å². The van der Waals surface area contributed by atoms with Crippen molar-refractivity contribution in [1.82, 2.24) is 0 Å². The Kier molecular flexibility index (Phi) is 8.09. The van der Waals surface area contributed by atoms with Crippen LogP contribution in [0.1, 0.15) is 56.8 Å². The van der Waals surface area contributed by atoms with Crippen LogP contribution in [0.2, 0.25) is 0 Å². The number of carbonyl (C=O) groups excluding carboxylic acids is 2. The Morgan fingerprint density at radius 3 is 2.08 bits per heavy atom. The van der Waals surface area contributed by atoms with E-state index in [0.717, 1.165) is 17.4 Å². The lowest BCUT2D eigenvalue weighted by Gasteiger charge is -2.16. The molecule has 0 amide bonds. The molecule has 2 N–H and O–H groups in total. The van der Waals surface area contributed by atoms with Gasteiger partial charge in [0.15, 0.2) is 0 Å². The highest BCUT2D eigenvalue weighted by atomic mass is 16.5. The molecule has 190 valence electrons. The highest BCUT2D eigenvalue weighted by molar-refractivity contribution is 5.97. The van der Waals surface area contributed by atoms with Crippen molar-refractivity contribution >= 4 is 11.9 Å². The lowest BCUT2D eigenvalue weighted by molar-refractivity contribution is 0.0373. The van der Waals surface area contributed by atoms with Gasteiger partial charge >= 0.3 is 11.9 Å². The molecule has 3 rings (SSSR count). The molecule has 3 aromatic rings. The summed E-state index contributed by atoms with van der Waals surface area (Å²) in [7, 11) is 1.59. The van der Waals surface area contributed by atoms with Crippen LogP contribution in [0.3, 0.4) is 0 Å². The van der Waals surface area contributed by atoms with E-state index in [-0.39, 0.29) is 41.1 Å². The SMILES string of the molecule is COc1ccc(COc2cc(C)c(C(=O)Oc3cc(C)c(C(=O)OC(C)C)c(O)c3)c(O)c2C)cc1. The van der Waals surface area contributed by atoms with Gasteiger partial charge in [-0.15, -0.1) is 0 Å². The van der Waals surface area contributed by atoms with Crippen molar-refractivity contribution in [2.45, 2.75) is 47.3 Å². The standard InChI is InChI=1S/C28H30O8/c1-15(2)35-27(31)24-16(3)11-21(13-22(24)29)36-28(32)25-17(4)12-23(18(5)26(25)30)34-14-19-7-9-20(33-6)10-8-19/h7-13,15,29-30H,14H2,1-6H3. The molecule has 0 aliphatic heterocycles. The largest absolute Gasteiger partial charge is 0.507 e. The Balaban J connectivity index is 1.79. The first-order valence-corrected chi connectivity index (χ1v) is 11.4. The van der Waals surface area contributed by atoms with Gasteiger partial charge in [0.05, 0.1) is 13.2 Å². The van der Waals surface area contributed by atoms with Crippen LogP contribution in [-0.4, -0.2) is 35.4 Å². The molecule has 36 heavy (non-hydrogen) atoms. The Hall–Kier alpha value is -4.20. The average molecular weight is 495 g/mol. The molecule has 0 aromatic heterocycles. The third kappa shape index (κ3) is 5.89. The third-order valence-corrected chi connectivity index (χ3v) is 5.51. The van der Waals surface area contributed by atoms with Crippen molar-refractivity contribution in [1.29, 1.82) is 0 Å². The number of phenolic OH excluding ortho intramolecular Hbond substituents is 2. The first-order chi connectivity index (χ1) is 17.0. The van der Waals surface area contributed by atoms with E-state index in [1.807, 2.05) is 24.3 Å². The molecule has 0 saturated carbocycles. The summed E-state index contributed by atoms with van der Waals surface area (Å²) in [6.45, 7) is 8.55. The topological polar surface area (TPSA) is 112 Å². The van der Waals surface area contributed by atoms with Crippen molar-refractivity contribution in [2.75, 3.05) is 7.11 Å². The fraction of sp³-hybridized carbons (Fsp3) is 0.286. The number of aromatic hydroxyl groups is 2. The van der Waals surface area contributed by atoms with Gasteiger partial charge in [-0.1, -0.05) is 12.1 Å². The minimum absolute atomic E-state index is 0.00303. The molecule has 0 bridgehead atoms. The predicted molar refractivity (Wildman–Crippen MR) is 133 cm³/mol. The van der Waals surface area contributed by atoms with Crippen LogP contribution in [0.4, 0.5) is 0 Å². The summed E-state index contributed by atoms with van der Waals surface area (Å²) in [6, 6.07) is 11.7. The second kappa shape index (κ2) is 11.0. The Morgan fingerprint density at radius 1 is 0.861 bits per heavy atom. The number of esters is 2. The van der Waals surface area contributed by atoms with Gasteiger partial charge in [0, 0.05) is 11.6 Å². The molecule has 8 nitrogen and oxygen atoms in total. The van der Waals surface area contributed by atoms with Crippen LogP contribution in [0.15, 0.2) is 42.5 Å². The summed E-state index contributed by atoms with van der Waals surface area (Å²) in [5.41, 5.74) is 2.09. The van der Waals surface area contributed by atoms with E-state index in [4.69, 9.17) is 18.9 Å². The molecule has 0 radical (unpaired) electrons. The van der Waals surface area contributed by atoms with Crippen LogP contribution < -0.4 is 14.2 Å². The zero-order valence-corrected chi connectivity index (χ0v) is 21.2. The van der Waals surface area contributed by atoms with Gasteiger partial charge in [0.1, 0.15) is 46.5 Å². The van der Waals surface area contributed by atoms with Crippen molar-refractivity contribution in [3.05, 3.63) is 75.8 Å². The number of methoxy groups -OCH3 is 1. The molecule has 0 saturated heterocycles. The van der Waals surface area contributed by atoms with Gasteiger partial charge in [0.25, 0.3) is 0 Å². The van der Waals surface area contributed by atoms with Crippen molar-refractivity contribution < 1.29 is 38.7 Å². The molecule has 0 aliphatic rings. The molecular weight excluding hydrogens is 464 g/mol. The lowest BCUT2D eigenvalue weighted by Crippen LogP contribution is -2.14. The molecule has 8 heteroatoms. The predicted octanol–water partition coefficient (Wildman–Crippen LogP) is 5.40. The van der Waals surface area contributed by atoms with Gasteiger partial charge in [0.2, 0.25) is 0 Å². The summed E-state index contributed by atoms with van der Waals surface area (Å²) in [4.78, 5) is 25.2. The lowest BCUT2D eigenvalue weighted by atomic mass is 10.0. The normalized spacial score (nSPS) is 10.8. The minimum Gasteiger partial charge on any atom is -0.507 e. The van der Waals surface area contributed by atoms with Crippen LogP contribution in [0.25, 0.3) is 0 Å². The fourth-order valence-electron chi connectivity index (χ4n) is 3.65. The number of carbonyl (C=O) groups is 2. The smallest absolute Gasteiger partial charge is 0.347 e. The number of aryl methyl sites for hydroxylation is 2. The molecule has 3 aromatic carbocycles. The van der Waals surface area contributed by atoms with E-state index in [1.165, 1.54) is 6.07 Å². The van der Waals surface area contributed by atoms with Gasteiger partial charge in [-0.25, -0.2) is 9.59 Å². The van der Waals surface area contributed by atoms with Gasteiger partial charge in [-0.2, -0.15) is 0 Å². The molecule has 0 unspecified atom stereocenters. The summed E-state index contributed by atoms with van der Waals surface area (Å²) < 4.78 is 21.6. The van der Waals surface area contributed by atoms with Gasteiger partial charge < -0.3 is 29.2 Å². The Bertz CT molecular complexity index is 1250. The second-order valence-corrected chi connectivity index (χ2v) is 8.65. The van der Waals surface area contributed by atoms with Crippen molar-refractivity contribution in [2.24, 2.45) is 0 Å². The summed E-state index contributed by atoms with van der Waals surface area (Å²) in [5.74, 6) is -0.935. The van der Waals surface area contributed by atoms with E-state index in [0.29, 0.717) is 22.4 Å². The minimum atomic E-state index is -0.814. The molecular formula is C28H30O8. The Labute approximate surface area is 210 Å². The van der Waals surface area contributed by atoms with Gasteiger partial charge in [-0.3, -0.25) is 0 Å². The highest BCUT2D eigenvalue weighted by Crippen LogP contribution is 2.35. The number of ether oxygens (including phenoxy) is 4. The number of phenols is 2. The number of benzene rings is 3.